The summed E-state index contributed by atoms with van der Waals surface area (Å²) in [5, 5.41) is 0.258. The number of benzene rings is 2. The van der Waals surface area contributed by atoms with E-state index in [-0.39, 0.29) is 21.4 Å². The number of hydrogen-bond donors (Lipinski definition) is 0. The van der Waals surface area contributed by atoms with Crippen molar-refractivity contribution >= 4 is 23.3 Å². The smallest absolute Gasteiger partial charge is 0.337 e. The largest absolute Gasteiger partial charge is 0.497 e. The summed E-state index contributed by atoms with van der Waals surface area (Å²) in [5.41, 5.74) is 0.758. The van der Waals surface area contributed by atoms with Crippen LogP contribution >= 0.6 is 12.2 Å². The molecule has 0 amide bonds. The lowest BCUT2D eigenvalue weighted by atomic mass is 10.2. The molecule has 0 aliphatic rings. The zero-order valence-corrected chi connectivity index (χ0v) is 17.4. The predicted octanol–water partition coefficient (Wildman–Crippen LogP) is 3.79. The second kappa shape index (κ2) is 7.64. The summed E-state index contributed by atoms with van der Waals surface area (Å²) in [6.07, 6.45) is 0. The molecule has 0 unspecified atom stereocenters. The molecule has 4 aromatic rings. The van der Waals surface area contributed by atoms with E-state index in [1.165, 1.54) is 10.6 Å². The molecule has 0 spiro atoms. The van der Waals surface area contributed by atoms with Crippen molar-refractivity contribution in [1.82, 2.24) is 9.13 Å². The molecule has 30 heavy (non-hydrogen) atoms. The number of aryl methyl sites for hydroxylation is 1. The molecule has 2 aromatic heterocycles. The van der Waals surface area contributed by atoms with Gasteiger partial charge in [-0.2, -0.15) is 0 Å². The standard InChI is InChI=1S/C22H18N2O5S/c1-13-10-18(25)29-21-19(13)20(26)23(14-6-4-8-16(11-14)27-2)22(30)24(21)15-7-5-9-17(12-15)28-3/h4-12H,1-3H3. The maximum atomic E-state index is 13.4. The van der Waals surface area contributed by atoms with Crippen LogP contribution in [-0.2, 0) is 0 Å². The van der Waals surface area contributed by atoms with Gasteiger partial charge in [0.15, 0.2) is 4.77 Å². The van der Waals surface area contributed by atoms with E-state index in [0.29, 0.717) is 28.4 Å². The van der Waals surface area contributed by atoms with Crippen LogP contribution in [0.3, 0.4) is 0 Å². The maximum absolute atomic E-state index is 13.4. The van der Waals surface area contributed by atoms with E-state index in [4.69, 9.17) is 26.1 Å². The van der Waals surface area contributed by atoms with Crippen LogP contribution in [0.1, 0.15) is 5.56 Å². The number of nitrogens with zero attached hydrogens (tertiary/aromatic N) is 2. The van der Waals surface area contributed by atoms with Crippen LogP contribution in [-0.4, -0.2) is 23.4 Å². The zero-order valence-electron chi connectivity index (χ0n) is 16.5. The lowest BCUT2D eigenvalue weighted by Crippen LogP contribution is -2.25. The zero-order chi connectivity index (χ0) is 21.4. The molecule has 8 heteroatoms. The van der Waals surface area contributed by atoms with Crippen molar-refractivity contribution in [2.24, 2.45) is 0 Å². The molecular formula is C22H18N2O5S. The Labute approximate surface area is 176 Å². The number of aromatic nitrogens is 2. The van der Waals surface area contributed by atoms with E-state index in [2.05, 4.69) is 0 Å². The fourth-order valence-electron chi connectivity index (χ4n) is 3.35. The minimum absolute atomic E-state index is 0.0856. The van der Waals surface area contributed by atoms with Crippen molar-refractivity contribution in [2.75, 3.05) is 14.2 Å². The number of methoxy groups -OCH3 is 2. The van der Waals surface area contributed by atoms with Crippen molar-refractivity contribution in [3.63, 3.8) is 0 Å². The first kappa shape index (κ1) is 19.7. The highest BCUT2D eigenvalue weighted by Gasteiger charge is 2.18. The lowest BCUT2D eigenvalue weighted by molar-refractivity contribution is 0.414. The lowest BCUT2D eigenvalue weighted by Gasteiger charge is -2.16. The van der Waals surface area contributed by atoms with Gasteiger partial charge in [-0.1, -0.05) is 12.1 Å². The van der Waals surface area contributed by atoms with Gasteiger partial charge in [-0.05, 0) is 49.0 Å². The minimum Gasteiger partial charge on any atom is -0.497 e. The summed E-state index contributed by atoms with van der Waals surface area (Å²) in [6, 6.07) is 15.4. The summed E-state index contributed by atoms with van der Waals surface area (Å²) in [4.78, 5) is 25.6. The number of fused-ring (bicyclic) bond motifs is 1. The third kappa shape index (κ3) is 3.21. The van der Waals surface area contributed by atoms with Gasteiger partial charge in [0.2, 0.25) is 5.71 Å². The Morgan fingerprint density at radius 2 is 1.43 bits per heavy atom. The molecule has 0 saturated carbocycles. The highest BCUT2D eigenvalue weighted by atomic mass is 32.1. The van der Waals surface area contributed by atoms with Crippen LogP contribution in [0.15, 0.2) is 68.6 Å². The second-order valence-corrected chi connectivity index (χ2v) is 6.96. The van der Waals surface area contributed by atoms with Crippen molar-refractivity contribution in [3.05, 3.63) is 85.7 Å². The van der Waals surface area contributed by atoms with E-state index < -0.39 is 5.63 Å². The molecule has 0 fully saturated rings. The third-order valence-electron chi connectivity index (χ3n) is 4.77. The van der Waals surface area contributed by atoms with Crippen LogP contribution in [0.2, 0.25) is 0 Å². The third-order valence-corrected chi connectivity index (χ3v) is 5.13. The van der Waals surface area contributed by atoms with Gasteiger partial charge in [0.25, 0.3) is 5.56 Å². The first-order chi connectivity index (χ1) is 14.4. The molecule has 0 atom stereocenters. The molecule has 2 heterocycles. The van der Waals surface area contributed by atoms with Crippen LogP contribution in [0.4, 0.5) is 0 Å². The van der Waals surface area contributed by atoms with E-state index in [9.17, 15) is 9.59 Å². The molecule has 0 aliphatic carbocycles. The van der Waals surface area contributed by atoms with Crippen LogP contribution in [0.25, 0.3) is 22.5 Å². The fraction of sp³-hybridized carbons (Fsp3) is 0.136. The van der Waals surface area contributed by atoms with E-state index >= 15 is 0 Å². The maximum Gasteiger partial charge on any atom is 0.337 e. The van der Waals surface area contributed by atoms with Crippen molar-refractivity contribution < 1.29 is 13.9 Å². The number of rotatable bonds is 4. The molecule has 7 nitrogen and oxygen atoms in total. The molecule has 0 aliphatic heterocycles. The quantitative estimate of drug-likeness (QED) is 0.466. The van der Waals surface area contributed by atoms with Gasteiger partial charge in [-0.15, -0.1) is 0 Å². The van der Waals surface area contributed by atoms with Crippen molar-refractivity contribution in [2.45, 2.75) is 6.92 Å². The highest BCUT2D eigenvalue weighted by Crippen LogP contribution is 2.24. The Balaban J connectivity index is 2.21. The van der Waals surface area contributed by atoms with Gasteiger partial charge in [0.05, 0.1) is 25.6 Å². The Morgan fingerprint density at radius 1 is 0.867 bits per heavy atom. The van der Waals surface area contributed by atoms with Gasteiger partial charge in [0, 0.05) is 18.2 Å². The van der Waals surface area contributed by atoms with Gasteiger partial charge < -0.3 is 13.9 Å². The van der Waals surface area contributed by atoms with Crippen LogP contribution < -0.4 is 20.7 Å². The molecule has 0 radical (unpaired) electrons. The van der Waals surface area contributed by atoms with Crippen LogP contribution in [0, 0.1) is 11.7 Å². The van der Waals surface area contributed by atoms with Crippen LogP contribution in [0.5, 0.6) is 11.5 Å². The fourth-order valence-corrected chi connectivity index (χ4v) is 3.73. The number of ether oxygens (including phenoxy) is 2. The minimum atomic E-state index is -0.565. The van der Waals surface area contributed by atoms with E-state index in [0.717, 1.165) is 0 Å². The van der Waals surface area contributed by atoms with Crippen molar-refractivity contribution in [3.8, 4) is 22.9 Å². The average Bonchev–Trinajstić information content (AvgIpc) is 2.73. The Kier molecular flexibility index (Phi) is 5.01. The molecule has 4 rings (SSSR count). The first-order valence-electron chi connectivity index (χ1n) is 9.06. The molecule has 0 N–H and O–H groups in total. The normalized spacial score (nSPS) is 10.9. The van der Waals surface area contributed by atoms with E-state index in [1.54, 1.807) is 74.2 Å². The van der Waals surface area contributed by atoms with Gasteiger partial charge in [0.1, 0.15) is 16.9 Å². The van der Waals surface area contributed by atoms with E-state index in [1.807, 2.05) is 0 Å². The molecule has 152 valence electrons. The first-order valence-corrected chi connectivity index (χ1v) is 9.47. The summed E-state index contributed by atoms with van der Waals surface area (Å²) in [5.74, 6) is 1.18. The Morgan fingerprint density at radius 3 is 2.00 bits per heavy atom. The van der Waals surface area contributed by atoms with Gasteiger partial charge in [-0.25, -0.2) is 4.79 Å². The summed E-state index contributed by atoms with van der Waals surface area (Å²) in [7, 11) is 3.10. The van der Waals surface area contributed by atoms with Gasteiger partial charge >= 0.3 is 5.63 Å². The molecule has 0 saturated heterocycles. The molecule has 2 aromatic carbocycles. The Bertz CT molecular complexity index is 1450. The topological polar surface area (TPSA) is 75.6 Å². The predicted molar refractivity (Wildman–Crippen MR) is 116 cm³/mol. The average molecular weight is 422 g/mol. The summed E-state index contributed by atoms with van der Waals surface area (Å²) < 4.78 is 19.2. The van der Waals surface area contributed by atoms with Gasteiger partial charge in [-0.3, -0.25) is 13.9 Å². The molecule has 0 bridgehead atoms. The molecular weight excluding hydrogens is 404 g/mol. The number of hydrogen-bond acceptors (Lipinski definition) is 6. The monoisotopic (exact) mass is 422 g/mol. The SMILES string of the molecule is COc1cccc(-n2c(=O)c3c(C)cc(=O)oc3n(-c3cccc(OC)c3)c2=S)c1. The summed E-state index contributed by atoms with van der Waals surface area (Å²) in [6.45, 7) is 1.69. The van der Waals surface area contributed by atoms with Crippen molar-refractivity contribution in [1.29, 1.82) is 0 Å². The summed E-state index contributed by atoms with van der Waals surface area (Å²) >= 11 is 5.70. The Hall–Kier alpha value is -3.65. The second-order valence-electron chi connectivity index (χ2n) is 6.59. The highest BCUT2D eigenvalue weighted by molar-refractivity contribution is 7.71.